The van der Waals surface area contributed by atoms with E-state index in [9.17, 15) is 4.39 Å². The average molecular weight is 600 g/mol. The number of nitrogens with two attached hydrogens (primary N) is 1. The van der Waals surface area contributed by atoms with Gasteiger partial charge in [-0.2, -0.15) is 9.97 Å². The Bertz CT molecular complexity index is 1650. The van der Waals surface area contributed by atoms with E-state index in [0.717, 1.165) is 43.8 Å². The molecule has 2 unspecified atom stereocenters. The Hall–Kier alpha value is -2.86. The van der Waals surface area contributed by atoms with Gasteiger partial charge in [-0.15, -0.1) is 0 Å². The van der Waals surface area contributed by atoms with Gasteiger partial charge in [0.15, 0.2) is 10.9 Å². The van der Waals surface area contributed by atoms with Crippen LogP contribution in [0.5, 0.6) is 6.01 Å². The summed E-state index contributed by atoms with van der Waals surface area (Å²) >= 11 is 7.80. The first-order chi connectivity index (χ1) is 19.7. The molecule has 4 aromatic rings. The smallest absolute Gasteiger partial charge is 0.319 e. The van der Waals surface area contributed by atoms with Gasteiger partial charge in [-0.05, 0) is 50.8 Å². The number of ether oxygens (including phenoxy) is 1. The predicted octanol–water partition coefficient (Wildman–Crippen LogP) is 5.47. The molecule has 7 rings (SSSR count). The van der Waals surface area contributed by atoms with Gasteiger partial charge in [0.05, 0.1) is 15.2 Å². The van der Waals surface area contributed by atoms with Crippen molar-refractivity contribution in [3.05, 3.63) is 34.9 Å². The van der Waals surface area contributed by atoms with Gasteiger partial charge < -0.3 is 20.7 Å². The number of benzene rings is 2. The summed E-state index contributed by atoms with van der Waals surface area (Å²) in [4.78, 5) is 18.3. The van der Waals surface area contributed by atoms with Gasteiger partial charge in [-0.3, -0.25) is 4.90 Å². The van der Waals surface area contributed by atoms with Gasteiger partial charge in [0.25, 0.3) is 0 Å². The summed E-state index contributed by atoms with van der Waals surface area (Å²) in [6, 6.07) is 5.94. The number of nitrogen functional groups attached to an aromatic ring is 1. The van der Waals surface area contributed by atoms with Crippen molar-refractivity contribution in [1.29, 1.82) is 0 Å². The quantitative estimate of drug-likeness (QED) is 0.302. The van der Waals surface area contributed by atoms with E-state index in [-0.39, 0.29) is 43.5 Å². The average Bonchev–Trinajstić information content (AvgIpc) is 3.49. The van der Waals surface area contributed by atoms with Crippen molar-refractivity contribution in [1.82, 2.24) is 25.2 Å². The van der Waals surface area contributed by atoms with E-state index in [4.69, 9.17) is 27.1 Å². The Labute approximate surface area is 245 Å². The minimum atomic E-state index is -0.626. The summed E-state index contributed by atoms with van der Waals surface area (Å²) in [6.45, 7) is 9.48. The molecule has 8 nitrogen and oxygen atoms in total. The fourth-order valence-corrected chi connectivity index (χ4v) is 7.73. The van der Waals surface area contributed by atoms with E-state index in [0.29, 0.717) is 47.4 Å². The number of thiazole rings is 1. The van der Waals surface area contributed by atoms with Crippen molar-refractivity contribution < 1.29 is 13.5 Å². The molecule has 216 valence electrons. The number of nitrogens with zero attached hydrogens (tertiary/aromatic N) is 5. The van der Waals surface area contributed by atoms with Crippen molar-refractivity contribution in [2.24, 2.45) is 5.92 Å². The number of piperazine rings is 1. The molecule has 4 atom stereocenters. The molecule has 0 aliphatic carbocycles. The molecule has 3 fully saturated rings. The van der Waals surface area contributed by atoms with E-state index < -0.39 is 11.6 Å². The van der Waals surface area contributed by atoms with Gasteiger partial charge in [-0.1, -0.05) is 29.9 Å². The number of anilines is 2. The Morgan fingerprint density at radius 3 is 2.59 bits per heavy atom. The van der Waals surface area contributed by atoms with Crippen LogP contribution in [0.1, 0.15) is 33.6 Å². The summed E-state index contributed by atoms with van der Waals surface area (Å²) in [6.07, 6.45) is 2.18. The van der Waals surface area contributed by atoms with Crippen molar-refractivity contribution >= 4 is 55.0 Å². The number of fused-ring (bicyclic) bond motifs is 4. The van der Waals surface area contributed by atoms with Crippen molar-refractivity contribution in [3.8, 4) is 17.1 Å². The van der Waals surface area contributed by atoms with Crippen molar-refractivity contribution in [2.75, 3.05) is 36.9 Å². The third-order valence-corrected chi connectivity index (χ3v) is 9.96. The maximum absolute atomic E-state index is 16.6. The lowest BCUT2D eigenvalue weighted by molar-refractivity contribution is -0.0289. The predicted molar refractivity (Wildman–Crippen MR) is 160 cm³/mol. The number of rotatable bonds is 6. The number of halogens is 3. The maximum atomic E-state index is 16.6. The first-order valence-corrected chi connectivity index (χ1v) is 15.3. The highest BCUT2D eigenvalue weighted by Gasteiger charge is 2.38. The van der Waals surface area contributed by atoms with E-state index in [2.05, 4.69) is 45.9 Å². The zero-order valence-electron chi connectivity index (χ0n) is 23.1. The Kier molecular flexibility index (Phi) is 6.68. The number of nitrogens with one attached hydrogen (secondary N) is 1. The standard InChI is InChI=1S/C29H32ClF2N7OS/c1-13(2)39-9-14(3)21(39)12-40-29-36-24-18(27(37-29)38-10-15-4-5-16(11-38)34-15)8-19(30)22(23(24)32)17-6-7-20(31)26-25(17)35-28(33)41-26/h6-8,13-16,21,34H,4-5,9-12H2,1-3H3,(H2,33,35)/t14-,15?,16?,21-/m1/s1. The molecule has 2 bridgehead atoms. The molecule has 0 radical (unpaired) electrons. The minimum absolute atomic E-state index is 0.101. The number of hydrogen-bond acceptors (Lipinski definition) is 9. The van der Waals surface area contributed by atoms with Crippen molar-refractivity contribution in [3.63, 3.8) is 0 Å². The maximum Gasteiger partial charge on any atom is 0.319 e. The second-order valence-electron chi connectivity index (χ2n) is 11.8. The lowest BCUT2D eigenvalue weighted by Gasteiger charge is -2.48. The van der Waals surface area contributed by atoms with Gasteiger partial charge in [0, 0.05) is 60.3 Å². The summed E-state index contributed by atoms with van der Waals surface area (Å²) in [7, 11) is 0. The van der Waals surface area contributed by atoms with Crippen LogP contribution in [0, 0.1) is 17.6 Å². The molecule has 3 aliphatic rings. The first kappa shape index (κ1) is 27.0. The third-order valence-electron chi connectivity index (χ3n) is 8.77. The summed E-state index contributed by atoms with van der Waals surface area (Å²) in [5.41, 5.74) is 6.74. The summed E-state index contributed by atoms with van der Waals surface area (Å²) in [5.74, 6) is -0.000970. The van der Waals surface area contributed by atoms with Crippen LogP contribution in [0.4, 0.5) is 19.7 Å². The highest BCUT2D eigenvalue weighted by atomic mass is 35.5. The molecule has 0 amide bonds. The second-order valence-corrected chi connectivity index (χ2v) is 13.2. The minimum Gasteiger partial charge on any atom is -0.462 e. The zero-order valence-corrected chi connectivity index (χ0v) is 24.7. The molecule has 3 saturated heterocycles. The number of aromatic nitrogens is 3. The van der Waals surface area contributed by atoms with E-state index in [1.54, 1.807) is 6.07 Å². The topological polar surface area (TPSA) is 92.4 Å². The Morgan fingerprint density at radius 1 is 1.12 bits per heavy atom. The summed E-state index contributed by atoms with van der Waals surface area (Å²) in [5, 5.41) is 4.51. The van der Waals surface area contributed by atoms with E-state index >= 15 is 4.39 Å². The Balaban J connectivity index is 1.36. The van der Waals surface area contributed by atoms with Crippen LogP contribution in [0.15, 0.2) is 18.2 Å². The van der Waals surface area contributed by atoms with Gasteiger partial charge in [0.1, 0.15) is 23.8 Å². The summed E-state index contributed by atoms with van der Waals surface area (Å²) < 4.78 is 37.6. The SMILES string of the molecule is CC(C)N1C[C@@H](C)[C@H]1COc1nc(N2CC3CCC(C2)N3)c2cc(Cl)c(-c3ccc(F)c4sc(N)nc34)c(F)c2n1. The first-order valence-electron chi connectivity index (χ1n) is 14.1. The number of hydrogen-bond donors (Lipinski definition) is 2. The van der Waals surface area contributed by atoms with Crippen LogP contribution in [-0.4, -0.2) is 70.3 Å². The molecule has 0 saturated carbocycles. The molecule has 5 heterocycles. The van der Waals surface area contributed by atoms with Crippen molar-refractivity contribution in [2.45, 2.75) is 57.8 Å². The van der Waals surface area contributed by atoms with Crippen LogP contribution < -0.4 is 20.7 Å². The van der Waals surface area contributed by atoms with Crippen LogP contribution in [0.2, 0.25) is 5.02 Å². The molecular formula is C29H32ClF2N7OS. The lowest BCUT2D eigenvalue weighted by Crippen LogP contribution is -2.60. The largest absolute Gasteiger partial charge is 0.462 e. The molecule has 3 aliphatic heterocycles. The molecule has 3 N–H and O–H groups in total. The van der Waals surface area contributed by atoms with Crippen LogP contribution in [-0.2, 0) is 0 Å². The Morgan fingerprint density at radius 2 is 1.88 bits per heavy atom. The fraction of sp³-hybridized carbons (Fsp3) is 0.483. The molecule has 2 aromatic heterocycles. The normalized spacial score (nSPS) is 24.5. The fourth-order valence-electron chi connectivity index (χ4n) is 6.67. The highest BCUT2D eigenvalue weighted by Crippen LogP contribution is 2.43. The number of likely N-dealkylation sites (tertiary alicyclic amines) is 1. The van der Waals surface area contributed by atoms with Gasteiger partial charge in [-0.25, -0.2) is 13.8 Å². The van der Waals surface area contributed by atoms with Gasteiger partial charge in [0.2, 0.25) is 0 Å². The molecular weight excluding hydrogens is 568 g/mol. The molecule has 41 heavy (non-hydrogen) atoms. The van der Waals surface area contributed by atoms with E-state index in [1.807, 2.05) is 0 Å². The second kappa shape index (κ2) is 10.1. The van der Waals surface area contributed by atoms with Crippen LogP contribution >= 0.6 is 22.9 Å². The monoisotopic (exact) mass is 599 g/mol. The highest BCUT2D eigenvalue weighted by molar-refractivity contribution is 7.22. The van der Waals surface area contributed by atoms with Gasteiger partial charge >= 0.3 is 6.01 Å². The third kappa shape index (κ3) is 4.57. The van der Waals surface area contributed by atoms with E-state index in [1.165, 1.54) is 12.1 Å². The zero-order chi connectivity index (χ0) is 28.6. The van der Waals surface area contributed by atoms with Crippen LogP contribution in [0.25, 0.3) is 32.2 Å². The molecule has 12 heteroatoms. The lowest BCUT2D eigenvalue weighted by atomic mass is 9.89. The molecule has 2 aromatic carbocycles. The molecule has 0 spiro atoms. The van der Waals surface area contributed by atoms with Crippen LogP contribution in [0.3, 0.4) is 0 Å².